The topological polar surface area (TPSA) is 0 Å². The van der Waals surface area contributed by atoms with Crippen LogP contribution in [0.15, 0.2) is 24.3 Å². The Morgan fingerprint density at radius 3 is 2.14 bits per heavy atom. The molecule has 0 fully saturated rings. The summed E-state index contributed by atoms with van der Waals surface area (Å²) in [7, 11) is 0. The van der Waals surface area contributed by atoms with Gasteiger partial charge in [-0.2, -0.15) is 26.3 Å². The Bertz CT molecular complexity index is 496. The Kier molecular flexibility index (Phi) is 6.50. The number of allylic oxidation sites excluding steroid dienone is 1. The first kappa shape index (κ1) is 18.6. The maximum absolute atomic E-state index is 12.9. The number of alkyl halides is 6. The minimum absolute atomic E-state index is 0.163. The molecule has 0 saturated carbocycles. The van der Waals surface area contributed by atoms with E-state index in [0.29, 0.717) is 12.5 Å². The van der Waals surface area contributed by atoms with Crippen LogP contribution in [-0.4, -0.2) is 0 Å². The third kappa shape index (κ3) is 5.73. The summed E-state index contributed by atoms with van der Waals surface area (Å²) in [6, 6.07) is 1.71. The zero-order valence-corrected chi connectivity index (χ0v) is 12.2. The second kappa shape index (κ2) is 7.70. The van der Waals surface area contributed by atoms with Crippen molar-refractivity contribution in [1.29, 1.82) is 0 Å². The third-order valence-electron chi connectivity index (χ3n) is 3.21. The van der Waals surface area contributed by atoms with Crippen LogP contribution in [-0.2, 0) is 12.4 Å². The monoisotopic (exact) mass is 324 g/mol. The summed E-state index contributed by atoms with van der Waals surface area (Å²) in [6.45, 7) is 2.05. The zero-order chi connectivity index (χ0) is 16.8. The van der Waals surface area contributed by atoms with E-state index in [4.69, 9.17) is 0 Å². The van der Waals surface area contributed by atoms with E-state index in [1.807, 2.05) is 6.92 Å². The molecule has 0 aliphatic heterocycles. The van der Waals surface area contributed by atoms with Crippen LogP contribution >= 0.6 is 0 Å². The lowest BCUT2D eigenvalue weighted by atomic mass is 10.0. The first-order valence-corrected chi connectivity index (χ1v) is 7.11. The molecule has 0 aromatic heterocycles. The molecule has 124 valence electrons. The van der Waals surface area contributed by atoms with Gasteiger partial charge >= 0.3 is 12.4 Å². The van der Waals surface area contributed by atoms with Gasteiger partial charge in [-0.1, -0.05) is 44.4 Å². The summed E-state index contributed by atoms with van der Waals surface area (Å²) >= 11 is 0. The standard InChI is InChI=1S/C16H18F6/c1-2-3-4-5-6-7-8-12-9-10-13(15(17,18)19)11-14(12)16(20,21)22/h7-11H,2-6H2,1H3/b8-7-. The average Bonchev–Trinajstić information content (AvgIpc) is 2.40. The van der Waals surface area contributed by atoms with E-state index in [1.54, 1.807) is 6.08 Å². The molecule has 0 aliphatic carbocycles. The predicted octanol–water partition coefficient (Wildman–Crippen LogP) is 6.71. The number of halogens is 6. The summed E-state index contributed by atoms with van der Waals surface area (Å²) in [5.41, 5.74) is -2.79. The molecule has 0 bridgehead atoms. The van der Waals surface area contributed by atoms with E-state index >= 15 is 0 Å². The zero-order valence-electron chi connectivity index (χ0n) is 12.2. The minimum atomic E-state index is -4.82. The van der Waals surface area contributed by atoms with Gasteiger partial charge in [0.1, 0.15) is 0 Å². The summed E-state index contributed by atoms with van der Waals surface area (Å²) in [4.78, 5) is 0. The van der Waals surface area contributed by atoms with Crippen molar-refractivity contribution in [3.63, 3.8) is 0 Å². The number of hydrogen-bond donors (Lipinski definition) is 0. The first-order chi connectivity index (χ1) is 10.2. The van der Waals surface area contributed by atoms with Gasteiger partial charge in [-0.25, -0.2) is 0 Å². The fourth-order valence-corrected chi connectivity index (χ4v) is 2.02. The molecule has 0 radical (unpaired) electrons. The molecule has 0 atom stereocenters. The van der Waals surface area contributed by atoms with Gasteiger partial charge in [0.2, 0.25) is 0 Å². The molecule has 0 N–H and O–H groups in total. The van der Waals surface area contributed by atoms with E-state index in [9.17, 15) is 26.3 Å². The summed E-state index contributed by atoms with van der Waals surface area (Å²) < 4.78 is 76.3. The number of hydrogen-bond acceptors (Lipinski definition) is 0. The van der Waals surface area contributed by atoms with Crippen molar-refractivity contribution in [3.05, 3.63) is 41.0 Å². The van der Waals surface area contributed by atoms with Crippen LogP contribution in [0.1, 0.15) is 55.7 Å². The van der Waals surface area contributed by atoms with E-state index in [0.717, 1.165) is 31.7 Å². The largest absolute Gasteiger partial charge is 0.417 e. The lowest BCUT2D eigenvalue weighted by Gasteiger charge is -2.14. The SMILES string of the molecule is CCCCCC/C=C\c1ccc(C(F)(F)F)cc1C(F)(F)F. The summed E-state index contributed by atoms with van der Waals surface area (Å²) in [6.07, 6.45) is -2.22. The van der Waals surface area contributed by atoms with Crippen LogP contribution in [0.4, 0.5) is 26.3 Å². The lowest BCUT2D eigenvalue weighted by molar-refractivity contribution is -0.143. The van der Waals surface area contributed by atoms with E-state index in [2.05, 4.69) is 0 Å². The molecule has 22 heavy (non-hydrogen) atoms. The highest BCUT2D eigenvalue weighted by Crippen LogP contribution is 2.37. The van der Waals surface area contributed by atoms with Crippen molar-refractivity contribution < 1.29 is 26.3 Å². The Balaban J connectivity index is 2.92. The van der Waals surface area contributed by atoms with Gasteiger partial charge in [0.05, 0.1) is 11.1 Å². The number of unbranched alkanes of at least 4 members (excludes halogenated alkanes) is 4. The Morgan fingerprint density at radius 2 is 1.59 bits per heavy atom. The molecule has 0 unspecified atom stereocenters. The molecule has 1 aromatic rings. The molecule has 0 heterocycles. The van der Waals surface area contributed by atoms with Crippen molar-refractivity contribution in [2.24, 2.45) is 0 Å². The molecule has 0 amide bonds. The van der Waals surface area contributed by atoms with Gasteiger partial charge < -0.3 is 0 Å². The molecule has 1 rings (SSSR count). The Hall–Kier alpha value is -1.46. The van der Waals surface area contributed by atoms with Gasteiger partial charge in [0.25, 0.3) is 0 Å². The second-order valence-electron chi connectivity index (χ2n) is 5.05. The molecule has 0 spiro atoms. The molecule has 1 aromatic carbocycles. The van der Waals surface area contributed by atoms with Crippen molar-refractivity contribution in [1.82, 2.24) is 0 Å². The quantitative estimate of drug-likeness (QED) is 0.403. The van der Waals surface area contributed by atoms with Crippen LogP contribution in [0.3, 0.4) is 0 Å². The molecule has 0 saturated heterocycles. The molecule has 0 aliphatic rings. The fourth-order valence-electron chi connectivity index (χ4n) is 2.02. The number of rotatable bonds is 6. The van der Waals surface area contributed by atoms with Crippen LogP contribution in [0.2, 0.25) is 0 Å². The van der Waals surface area contributed by atoms with Gasteiger partial charge in [-0.05, 0) is 30.5 Å². The van der Waals surface area contributed by atoms with Gasteiger partial charge in [0.15, 0.2) is 0 Å². The third-order valence-corrected chi connectivity index (χ3v) is 3.21. The molecule has 6 heteroatoms. The van der Waals surface area contributed by atoms with Crippen molar-refractivity contribution in [3.8, 4) is 0 Å². The van der Waals surface area contributed by atoms with Crippen LogP contribution < -0.4 is 0 Å². The van der Waals surface area contributed by atoms with Crippen molar-refractivity contribution in [2.75, 3.05) is 0 Å². The Labute approximate surface area is 125 Å². The van der Waals surface area contributed by atoms with Crippen molar-refractivity contribution in [2.45, 2.75) is 51.4 Å². The van der Waals surface area contributed by atoms with E-state index < -0.39 is 23.5 Å². The molecular formula is C16H18F6. The van der Waals surface area contributed by atoms with Crippen LogP contribution in [0, 0.1) is 0 Å². The predicted molar refractivity (Wildman–Crippen MR) is 74.2 cm³/mol. The lowest BCUT2D eigenvalue weighted by Crippen LogP contribution is -2.12. The summed E-state index contributed by atoms with van der Waals surface area (Å²) in [5, 5.41) is 0. The maximum Gasteiger partial charge on any atom is 0.417 e. The van der Waals surface area contributed by atoms with Gasteiger partial charge in [-0.15, -0.1) is 0 Å². The van der Waals surface area contributed by atoms with Gasteiger partial charge in [0, 0.05) is 0 Å². The maximum atomic E-state index is 12.9. The highest BCUT2D eigenvalue weighted by atomic mass is 19.4. The Morgan fingerprint density at radius 1 is 0.909 bits per heavy atom. The van der Waals surface area contributed by atoms with E-state index in [-0.39, 0.29) is 11.6 Å². The summed E-state index contributed by atoms with van der Waals surface area (Å²) in [5.74, 6) is 0. The first-order valence-electron chi connectivity index (χ1n) is 7.11. The van der Waals surface area contributed by atoms with Crippen LogP contribution in [0.5, 0.6) is 0 Å². The van der Waals surface area contributed by atoms with Gasteiger partial charge in [-0.3, -0.25) is 0 Å². The minimum Gasteiger partial charge on any atom is -0.166 e. The average molecular weight is 324 g/mol. The number of benzene rings is 1. The smallest absolute Gasteiger partial charge is 0.166 e. The second-order valence-corrected chi connectivity index (χ2v) is 5.05. The van der Waals surface area contributed by atoms with E-state index in [1.165, 1.54) is 6.08 Å². The molecule has 0 nitrogen and oxygen atoms in total. The normalized spacial score (nSPS) is 13.0. The molecular weight excluding hydrogens is 306 g/mol. The fraction of sp³-hybridized carbons (Fsp3) is 0.500. The van der Waals surface area contributed by atoms with Crippen LogP contribution in [0.25, 0.3) is 6.08 Å². The highest BCUT2D eigenvalue weighted by molar-refractivity contribution is 5.56. The highest BCUT2D eigenvalue weighted by Gasteiger charge is 2.37. The van der Waals surface area contributed by atoms with Crippen molar-refractivity contribution >= 4 is 6.08 Å².